The molecule has 2 aliphatic heterocycles. The average Bonchev–Trinajstić information content (AvgIpc) is 3.01. The van der Waals surface area contributed by atoms with Crippen LogP contribution < -0.4 is 9.47 Å². The summed E-state index contributed by atoms with van der Waals surface area (Å²) in [7, 11) is 1.54. The Balaban J connectivity index is 1.58. The highest BCUT2D eigenvalue weighted by molar-refractivity contribution is 5.43. The highest BCUT2D eigenvalue weighted by Gasteiger charge is 2.50. The maximum Gasteiger partial charge on any atom is 0.160 e. The molecule has 2 heterocycles. The molecule has 0 unspecified atom stereocenters. The van der Waals surface area contributed by atoms with Gasteiger partial charge in [0, 0.05) is 31.0 Å². The Morgan fingerprint density at radius 2 is 2.12 bits per heavy atom. The van der Waals surface area contributed by atoms with E-state index in [2.05, 4.69) is 11.0 Å². The van der Waals surface area contributed by atoms with Crippen molar-refractivity contribution in [2.24, 2.45) is 5.41 Å². The van der Waals surface area contributed by atoms with Gasteiger partial charge in [0.15, 0.2) is 11.5 Å². The number of aliphatic hydroxyl groups excluding tert-OH is 1. The first-order valence-electron chi connectivity index (χ1n) is 8.56. The van der Waals surface area contributed by atoms with Gasteiger partial charge in [-0.05, 0) is 29.3 Å². The van der Waals surface area contributed by atoms with Crippen molar-refractivity contribution in [3.8, 4) is 17.2 Å². The smallest absolute Gasteiger partial charge is 0.160 e. The first kappa shape index (κ1) is 16.2. The molecule has 0 aliphatic carbocycles. The number of aromatic hydroxyl groups is 1. The van der Waals surface area contributed by atoms with Gasteiger partial charge in [-0.2, -0.15) is 0 Å². The van der Waals surface area contributed by atoms with Crippen LogP contribution in [0, 0.1) is 5.41 Å². The fourth-order valence-electron chi connectivity index (χ4n) is 4.19. The maximum atomic E-state index is 10.1. The second-order valence-electron chi connectivity index (χ2n) is 7.08. The monoisotopic (exact) mass is 341 g/mol. The Morgan fingerprint density at radius 1 is 1.28 bits per heavy atom. The predicted octanol–water partition coefficient (Wildman–Crippen LogP) is 2.37. The molecule has 0 saturated carbocycles. The van der Waals surface area contributed by atoms with Gasteiger partial charge in [0.05, 0.1) is 20.3 Å². The second kappa shape index (κ2) is 6.24. The normalized spacial score (nSPS) is 25.1. The number of phenols is 1. The molecular formula is C20H23NO4. The number of fused-ring (bicyclic) bond motifs is 3. The summed E-state index contributed by atoms with van der Waals surface area (Å²) in [6.45, 7) is 3.01. The van der Waals surface area contributed by atoms with E-state index in [9.17, 15) is 10.2 Å². The Morgan fingerprint density at radius 3 is 2.88 bits per heavy atom. The van der Waals surface area contributed by atoms with E-state index in [0.717, 1.165) is 30.9 Å². The summed E-state index contributed by atoms with van der Waals surface area (Å²) >= 11 is 0. The molecule has 2 N–H and O–H groups in total. The third-order valence-electron chi connectivity index (χ3n) is 5.49. The highest BCUT2D eigenvalue weighted by atomic mass is 16.5. The molecule has 2 aliphatic rings. The zero-order valence-corrected chi connectivity index (χ0v) is 14.3. The molecule has 1 fully saturated rings. The van der Waals surface area contributed by atoms with Gasteiger partial charge < -0.3 is 19.7 Å². The van der Waals surface area contributed by atoms with E-state index in [4.69, 9.17) is 9.47 Å². The van der Waals surface area contributed by atoms with Gasteiger partial charge in [0.1, 0.15) is 5.75 Å². The van der Waals surface area contributed by atoms with Gasteiger partial charge in [-0.25, -0.2) is 0 Å². The van der Waals surface area contributed by atoms with Crippen LogP contribution >= 0.6 is 0 Å². The van der Waals surface area contributed by atoms with Crippen LogP contribution in [0.15, 0.2) is 42.5 Å². The lowest BCUT2D eigenvalue weighted by molar-refractivity contribution is 0.0457. The minimum Gasteiger partial charge on any atom is -0.504 e. The van der Waals surface area contributed by atoms with Crippen molar-refractivity contribution < 1.29 is 19.7 Å². The molecule has 2 aromatic rings. The highest BCUT2D eigenvalue weighted by Crippen LogP contribution is 2.49. The summed E-state index contributed by atoms with van der Waals surface area (Å²) in [6, 6.07) is 13.6. The van der Waals surface area contributed by atoms with Crippen molar-refractivity contribution in [1.82, 2.24) is 4.90 Å². The molecule has 4 rings (SSSR count). The van der Waals surface area contributed by atoms with Gasteiger partial charge in [-0.15, -0.1) is 0 Å². The third kappa shape index (κ3) is 2.73. The average molecular weight is 341 g/mol. The van der Waals surface area contributed by atoms with E-state index >= 15 is 0 Å². The van der Waals surface area contributed by atoms with Gasteiger partial charge in [-0.1, -0.05) is 24.3 Å². The number of para-hydroxylation sites is 1. The molecule has 132 valence electrons. The van der Waals surface area contributed by atoms with E-state index in [1.165, 1.54) is 5.56 Å². The fourth-order valence-corrected chi connectivity index (χ4v) is 4.19. The molecule has 2 aromatic carbocycles. The zero-order valence-electron chi connectivity index (χ0n) is 14.3. The summed E-state index contributed by atoms with van der Waals surface area (Å²) in [5.41, 5.74) is 1.95. The molecular weight excluding hydrogens is 318 g/mol. The number of benzene rings is 2. The van der Waals surface area contributed by atoms with Crippen molar-refractivity contribution in [3.05, 3.63) is 53.6 Å². The molecule has 5 nitrogen and oxygen atoms in total. The van der Waals surface area contributed by atoms with E-state index in [-0.39, 0.29) is 23.7 Å². The quantitative estimate of drug-likeness (QED) is 0.894. The van der Waals surface area contributed by atoms with E-state index in [1.807, 2.05) is 24.3 Å². The van der Waals surface area contributed by atoms with Crippen molar-refractivity contribution in [2.45, 2.75) is 12.5 Å². The second-order valence-corrected chi connectivity index (χ2v) is 7.08. The van der Waals surface area contributed by atoms with Gasteiger partial charge in [0.25, 0.3) is 0 Å². The molecule has 0 spiro atoms. The van der Waals surface area contributed by atoms with E-state index in [0.29, 0.717) is 12.4 Å². The van der Waals surface area contributed by atoms with Crippen molar-refractivity contribution in [1.29, 1.82) is 0 Å². The third-order valence-corrected chi connectivity index (χ3v) is 5.49. The predicted molar refractivity (Wildman–Crippen MR) is 94.1 cm³/mol. The van der Waals surface area contributed by atoms with Crippen molar-refractivity contribution >= 4 is 0 Å². The number of phenolic OH excluding ortho intramolecular Hbond substituents is 1. The number of rotatable bonds is 4. The molecule has 2 atom stereocenters. The van der Waals surface area contributed by atoms with Crippen molar-refractivity contribution in [2.75, 3.05) is 33.4 Å². The van der Waals surface area contributed by atoms with Crippen LogP contribution in [0.1, 0.15) is 17.0 Å². The molecule has 0 amide bonds. The molecule has 5 heteroatoms. The summed E-state index contributed by atoms with van der Waals surface area (Å²) in [4.78, 5) is 2.33. The maximum absolute atomic E-state index is 10.1. The Labute approximate surface area is 147 Å². The van der Waals surface area contributed by atoms with Crippen LogP contribution in [0.4, 0.5) is 0 Å². The standard InChI is InChI=1S/C20H23NO4/c1-24-19-7-6-14(8-17(19)23)9-21-10-16-15-4-2-3-5-18(15)25-13-20(16,11-21)12-22/h2-8,16,22-23H,9-13H2,1H3/t16-,20-/m1/s1. The van der Waals surface area contributed by atoms with Crippen LogP contribution in [0.25, 0.3) is 0 Å². The summed E-state index contributed by atoms with van der Waals surface area (Å²) in [6.07, 6.45) is 0. The van der Waals surface area contributed by atoms with Gasteiger partial charge in [-0.3, -0.25) is 4.90 Å². The number of likely N-dealkylation sites (tertiary alicyclic amines) is 1. The number of hydrogen-bond donors (Lipinski definition) is 2. The zero-order chi connectivity index (χ0) is 17.4. The van der Waals surface area contributed by atoms with Crippen LogP contribution in [-0.4, -0.2) is 48.5 Å². The number of aliphatic hydroxyl groups is 1. The first-order valence-corrected chi connectivity index (χ1v) is 8.56. The summed E-state index contributed by atoms with van der Waals surface area (Å²) in [5, 5.41) is 20.1. The minimum atomic E-state index is -0.261. The van der Waals surface area contributed by atoms with E-state index < -0.39 is 0 Å². The Kier molecular flexibility index (Phi) is 4.06. The Bertz CT molecular complexity index is 778. The number of ether oxygens (including phenoxy) is 2. The lowest BCUT2D eigenvalue weighted by Gasteiger charge is -2.38. The largest absolute Gasteiger partial charge is 0.504 e. The lowest BCUT2D eigenvalue weighted by Crippen LogP contribution is -2.42. The number of hydrogen-bond acceptors (Lipinski definition) is 5. The molecule has 0 aromatic heterocycles. The van der Waals surface area contributed by atoms with Crippen molar-refractivity contribution in [3.63, 3.8) is 0 Å². The molecule has 25 heavy (non-hydrogen) atoms. The van der Waals surface area contributed by atoms with Gasteiger partial charge >= 0.3 is 0 Å². The van der Waals surface area contributed by atoms with Gasteiger partial charge in [0.2, 0.25) is 0 Å². The lowest BCUT2D eigenvalue weighted by atomic mass is 9.74. The molecule has 0 bridgehead atoms. The van der Waals surface area contributed by atoms with Crippen LogP contribution in [-0.2, 0) is 6.54 Å². The fraction of sp³-hybridized carbons (Fsp3) is 0.400. The number of nitrogens with zero attached hydrogens (tertiary/aromatic N) is 1. The van der Waals surface area contributed by atoms with Crippen LogP contribution in [0.3, 0.4) is 0 Å². The molecule has 0 radical (unpaired) electrons. The summed E-state index contributed by atoms with van der Waals surface area (Å²) in [5.74, 6) is 1.82. The van der Waals surface area contributed by atoms with Crippen LogP contribution in [0.5, 0.6) is 17.2 Å². The topological polar surface area (TPSA) is 62.2 Å². The minimum absolute atomic E-state index is 0.108. The Hall–Kier alpha value is -2.24. The van der Waals surface area contributed by atoms with E-state index in [1.54, 1.807) is 19.2 Å². The molecule has 1 saturated heterocycles. The number of methoxy groups -OCH3 is 1. The SMILES string of the molecule is COc1ccc(CN2C[C@@H]3c4ccccc4OC[C@]3(CO)C2)cc1O. The van der Waals surface area contributed by atoms with Crippen LogP contribution in [0.2, 0.25) is 0 Å². The summed E-state index contributed by atoms with van der Waals surface area (Å²) < 4.78 is 11.0. The first-order chi connectivity index (χ1) is 12.1.